The SMILES string of the molecule is O=C(O)COc1ccc(C2CCC3(CC2)OOC2(O3)C3CC4CC(C3)CC2C4)cc1C(=O)O. The lowest BCUT2D eigenvalue weighted by Crippen LogP contribution is -2.59. The molecule has 0 amide bonds. The van der Waals surface area contributed by atoms with Gasteiger partial charge in [-0.3, -0.25) is 0 Å². The molecular formula is C25H30O8. The van der Waals surface area contributed by atoms with Gasteiger partial charge in [-0.1, -0.05) is 6.07 Å². The first-order valence-electron chi connectivity index (χ1n) is 12.1. The highest BCUT2D eigenvalue weighted by Crippen LogP contribution is 2.64. The van der Waals surface area contributed by atoms with Crippen LogP contribution in [0.15, 0.2) is 18.2 Å². The summed E-state index contributed by atoms with van der Waals surface area (Å²) in [6.45, 7) is -0.578. The standard InChI is InChI=1S/C25H30O8/c26-22(27)13-30-21-2-1-17(12-20(21)23(28)29)16-3-5-24(6-4-16)31-25(33-32-24)18-8-14-7-15(10-18)11-19(25)9-14/h1-2,12,14-16,18-19H,3-11,13H2,(H,26,27)(H,28,29). The Hall–Kier alpha value is -2.16. The second-order valence-corrected chi connectivity index (χ2v) is 10.7. The monoisotopic (exact) mass is 458 g/mol. The molecule has 1 aliphatic heterocycles. The Labute approximate surface area is 192 Å². The van der Waals surface area contributed by atoms with Crippen molar-refractivity contribution < 1.29 is 39.1 Å². The van der Waals surface area contributed by atoms with Gasteiger partial charge in [0, 0.05) is 24.7 Å². The van der Waals surface area contributed by atoms with Gasteiger partial charge in [-0.2, -0.15) is 9.78 Å². The molecule has 0 aromatic heterocycles. The predicted molar refractivity (Wildman–Crippen MR) is 114 cm³/mol. The number of benzene rings is 1. The minimum Gasteiger partial charge on any atom is -0.481 e. The fraction of sp³-hybridized carbons (Fsp3) is 0.680. The first-order valence-corrected chi connectivity index (χ1v) is 12.1. The van der Waals surface area contributed by atoms with Gasteiger partial charge in [0.1, 0.15) is 11.3 Å². The molecular weight excluding hydrogens is 428 g/mol. The van der Waals surface area contributed by atoms with Gasteiger partial charge in [-0.25, -0.2) is 9.59 Å². The quantitative estimate of drug-likeness (QED) is 0.627. The lowest BCUT2D eigenvalue weighted by molar-refractivity contribution is -0.390. The first kappa shape index (κ1) is 21.4. The maximum absolute atomic E-state index is 11.7. The Morgan fingerprint density at radius 1 is 0.970 bits per heavy atom. The molecule has 1 aromatic rings. The van der Waals surface area contributed by atoms with Crippen molar-refractivity contribution in [3.8, 4) is 5.75 Å². The van der Waals surface area contributed by atoms with Gasteiger partial charge >= 0.3 is 11.9 Å². The molecule has 6 aliphatic rings. The third-order valence-corrected chi connectivity index (χ3v) is 8.75. The van der Waals surface area contributed by atoms with Crippen LogP contribution in [0.2, 0.25) is 0 Å². The first-order chi connectivity index (χ1) is 15.9. The Bertz CT molecular complexity index is 935. The molecule has 0 radical (unpaired) electrons. The molecule has 6 fully saturated rings. The summed E-state index contributed by atoms with van der Waals surface area (Å²) in [6, 6.07) is 4.99. The van der Waals surface area contributed by atoms with E-state index < -0.39 is 30.1 Å². The molecule has 1 aromatic carbocycles. The summed E-state index contributed by atoms with van der Waals surface area (Å²) in [5.74, 6) is -0.805. The molecule has 33 heavy (non-hydrogen) atoms. The number of ether oxygens (including phenoxy) is 2. The molecule has 7 rings (SSSR count). The zero-order chi connectivity index (χ0) is 22.8. The molecule has 2 spiro atoms. The van der Waals surface area contributed by atoms with Crippen molar-refractivity contribution in [3.63, 3.8) is 0 Å². The highest BCUT2D eigenvalue weighted by Gasteiger charge is 2.66. The molecule has 8 nitrogen and oxygen atoms in total. The second kappa shape index (κ2) is 7.68. The molecule has 8 heteroatoms. The fourth-order valence-corrected chi connectivity index (χ4v) is 7.42. The Kier molecular flexibility index (Phi) is 4.98. The van der Waals surface area contributed by atoms with E-state index in [2.05, 4.69) is 0 Å². The number of hydrogen-bond acceptors (Lipinski definition) is 6. The van der Waals surface area contributed by atoms with E-state index in [0.29, 0.717) is 24.7 Å². The number of carbonyl (C=O) groups is 2. The second-order valence-electron chi connectivity index (χ2n) is 10.7. The van der Waals surface area contributed by atoms with E-state index in [4.69, 9.17) is 24.4 Å². The average Bonchev–Trinajstić information content (AvgIpc) is 3.16. The maximum atomic E-state index is 11.7. The van der Waals surface area contributed by atoms with Gasteiger partial charge in [-0.05, 0) is 80.4 Å². The van der Waals surface area contributed by atoms with Gasteiger partial charge in [0.25, 0.3) is 0 Å². The summed E-state index contributed by atoms with van der Waals surface area (Å²) < 4.78 is 11.9. The van der Waals surface area contributed by atoms with Crippen molar-refractivity contribution >= 4 is 11.9 Å². The predicted octanol–water partition coefficient (Wildman–Crippen LogP) is 4.33. The number of carboxylic acids is 2. The largest absolute Gasteiger partial charge is 0.481 e. The van der Waals surface area contributed by atoms with Crippen LogP contribution in [-0.4, -0.2) is 40.3 Å². The molecule has 1 heterocycles. The minimum atomic E-state index is -1.15. The number of aromatic carboxylic acids is 1. The zero-order valence-corrected chi connectivity index (χ0v) is 18.5. The van der Waals surface area contributed by atoms with E-state index in [1.807, 2.05) is 6.07 Å². The van der Waals surface area contributed by atoms with Crippen molar-refractivity contribution in [1.82, 2.24) is 0 Å². The van der Waals surface area contributed by atoms with E-state index in [9.17, 15) is 14.7 Å². The average molecular weight is 459 g/mol. The molecule has 0 atom stereocenters. The lowest BCUT2D eigenvalue weighted by atomic mass is 9.53. The van der Waals surface area contributed by atoms with E-state index >= 15 is 0 Å². The van der Waals surface area contributed by atoms with Crippen LogP contribution in [0, 0.1) is 23.7 Å². The number of rotatable bonds is 5. The molecule has 5 saturated carbocycles. The third-order valence-electron chi connectivity index (χ3n) is 8.75. The van der Waals surface area contributed by atoms with Crippen LogP contribution < -0.4 is 4.74 Å². The van der Waals surface area contributed by atoms with Gasteiger partial charge < -0.3 is 19.7 Å². The molecule has 1 saturated heterocycles. The normalized spacial score (nSPS) is 41.0. The topological polar surface area (TPSA) is 112 Å². The van der Waals surface area contributed by atoms with Gasteiger partial charge in [0.15, 0.2) is 6.61 Å². The molecule has 178 valence electrons. The minimum absolute atomic E-state index is 0.0155. The summed E-state index contributed by atoms with van der Waals surface area (Å²) in [5, 5.41) is 18.4. The van der Waals surface area contributed by atoms with E-state index in [1.54, 1.807) is 12.1 Å². The van der Waals surface area contributed by atoms with Crippen molar-refractivity contribution in [2.75, 3.05) is 6.61 Å². The summed E-state index contributed by atoms with van der Waals surface area (Å²) in [7, 11) is 0. The Morgan fingerprint density at radius 2 is 1.64 bits per heavy atom. The summed E-state index contributed by atoms with van der Waals surface area (Å²) >= 11 is 0. The van der Waals surface area contributed by atoms with E-state index in [0.717, 1.165) is 30.2 Å². The molecule has 5 aliphatic carbocycles. The third kappa shape index (κ3) is 3.54. The van der Waals surface area contributed by atoms with Gasteiger partial charge in [0.2, 0.25) is 11.6 Å². The van der Waals surface area contributed by atoms with Crippen LogP contribution in [0.5, 0.6) is 5.75 Å². The summed E-state index contributed by atoms with van der Waals surface area (Å²) in [6.07, 6.45) is 9.11. The van der Waals surface area contributed by atoms with Crippen molar-refractivity contribution in [2.24, 2.45) is 23.7 Å². The highest BCUT2D eigenvalue weighted by molar-refractivity contribution is 5.91. The molecule has 4 bridgehead atoms. The Balaban J connectivity index is 1.15. The van der Waals surface area contributed by atoms with Crippen molar-refractivity contribution in [3.05, 3.63) is 29.3 Å². The van der Waals surface area contributed by atoms with Gasteiger partial charge in [0.05, 0.1) is 0 Å². The highest BCUT2D eigenvalue weighted by atomic mass is 17.3. The van der Waals surface area contributed by atoms with Crippen molar-refractivity contribution in [1.29, 1.82) is 0 Å². The van der Waals surface area contributed by atoms with Crippen molar-refractivity contribution in [2.45, 2.75) is 75.3 Å². The van der Waals surface area contributed by atoms with Crippen LogP contribution in [0.4, 0.5) is 0 Å². The number of carboxylic acid groups (broad SMARTS) is 2. The van der Waals surface area contributed by atoms with Crippen LogP contribution in [0.3, 0.4) is 0 Å². The van der Waals surface area contributed by atoms with Crippen LogP contribution in [-0.2, 0) is 19.3 Å². The Morgan fingerprint density at radius 3 is 2.24 bits per heavy atom. The fourth-order valence-electron chi connectivity index (χ4n) is 7.42. The van der Waals surface area contributed by atoms with Crippen LogP contribution >= 0.6 is 0 Å². The number of hydrogen-bond donors (Lipinski definition) is 2. The maximum Gasteiger partial charge on any atom is 0.341 e. The van der Waals surface area contributed by atoms with E-state index in [1.165, 1.54) is 32.1 Å². The lowest BCUT2D eigenvalue weighted by Gasteiger charge is -2.57. The summed E-state index contributed by atoms with van der Waals surface area (Å²) in [5.41, 5.74) is 0.895. The van der Waals surface area contributed by atoms with Gasteiger partial charge in [-0.15, -0.1) is 0 Å². The van der Waals surface area contributed by atoms with Crippen LogP contribution in [0.1, 0.15) is 79.6 Å². The smallest absolute Gasteiger partial charge is 0.341 e. The number of aliphatic carboxylic acids is 1. The summed E-state index contributed by atoms with van der Waals surface area (Å²) in [4.78, 5) is 34.6. The van der Waals surface area contributed by atoms with E-state index in [-0.39, 0.29) is 17.2 Å². The molecule has 0 unspecified atom stereocenters. The molecule has 2 N–H and O–H groups in total. The zero-order valence-electron chi connectivity index (χ0n) is 18.5. The van der Waals surface area contributed by atoms with Crippen LogP contribution in [0.25, 0.3) is 0 Å².